The van der Waals surface area contributed by atoms with Crippen molar-refractivity contribution in [2.75, 3.05) is 25.5 Å². The molecule has 1 saturated heterocycles. The Hall–Kier alpha value is -2.89. The first-order valence-corrected chi connectivity index (χ1v) is 10.6. The Bertz CT molecular complexity index is 991. The van der Waals surface area contributed by atoms with Gasteiger partial charge in [-0.05, 0) is 61.2 Å². The third-order valence-corrected chi connectivity index (χ3v) is 6.33. The molecule has 2 heterocycles. The van der Waals surface area contributed by atoms with Gasteiger partial charge in [0.05, 0.1) is 6.04 Å². The smallest absolute Gasteiger partial charge is 0.127 e. The van der Waals surface area contributed by atoms with Crippen molar-refractivity contribution in [2.45, 2.75) is 24.9 Å². The number of rotatable bonds is 6. The van der Waals surface area contributed by atoms with Crippen LogP contribution in [0.2, 0.25) is 0 Å². The Morgan fingerprint density at radius 1 is 1.03 bits per heavy atom. The highest BCUT2D eigenvalue weighted by molar-refractivity contribution is 5.55. The van der Waals surface area contributed by atoms with Crippen LogP contribution in [0.4, 0.5) is 5.69 Å². The highest BCUT2D eigenvalue weighted by atomic mass is 16.5. The fourth-order valence-electron chi connectivity index (χ4n) is 5.00. The summed E-state index contributed by atoms with van der Waals surface area (Å²) in [4.78, 5) is 6.73. The van der Waals surface area contributed by atoms with E-state index in [-0.39, 0.29) is 6.04 Å². The van der Waals surface area contributed by atoms with Crippen LogP contribution in [-0.2, 0) is 0 Å². The molecule has 5 rings (SSSR count). The van der Waals surface area contributed by atoms with Crippen LogP contribution >= 0.6 is 0 Å². The molecule has 3 N–H and O–H groups in total. The summed E-state index contributed by atoms with van der Waals surface area (Å²) in [7, 11) is 2.20. The molecule has 1 unspecified atom stereocenters. The van der Waals surface area contributed by atoms with E-state index < -0.39 is 0 Å². The molecule has 154 valence electrons. The predicted molar refractivity (Wildman–Crippen MR) is 120 cm³/mol. The lowest BCUT2D eigenvalue weighted by molar-refractivity contribution is -0.0513. The monoisotopic (exact) mass is 400 g/mol. The topological polar surface area (TPSA) is 63.4 Å². The predicted octanol–water partition coefficient (Wildman–Crippen LogP) is 4.43. The molecular formula is C25H28N4O. The van der Waals surface area contributed by atoms with Crippen molar-refractivity contribution in [3.63, 3.8) is 0 Å². The van der Waals surface area contributed by atoms with Crippen molar-refractivity contribution < 1.29 is 4.74 Å². The van der Waals surface area contributed by atoms with Crippen LogP contribution in [-0.4, -0.2) is 36.1 Å². The van der Waals surface area contributed by atoms with E-state index in [1.807, 2.05) is 73.1 Å². The van der Waals surface area contributed by atoms with Crippen LogP contribution < -0.4 is 15.8 Å². The van der Waals surface area contributed by atoms with E-state index in [1.165, 1.54) is 25.9 Å². The Labute approximate surface area is 177 Å². The summed E-state index contributed by atoms with van der Waals surface area (Å²) in [6.07, 6.45) is 6.19. The van der Waals surface area contributed by atoms with Gasteiger partial charge < -0.3 is 20.7 Å². The number of benzene rings is 2. The van der Waals surface area contributed by atoms with Crippen LogP contribution in [0.3, 0.4) is 0 Å². The summed E-state index contributed by atoms with van der Waals surface area (Å²) >= 11 is 0. The number of ether oxygens (including phenoxy) is 1. The van der Waals surface area contributed by atoms with Crippen LogP contribution in [0.15, 0.2) is 73.1 Å². The number of pyridine rings is 1. The van der Waals surface area contributed by atoms with Crippen LogP contribution in [0.25, 0.3) is 0 Å². The number of hydrogen-bond donors (Lipinski definition) is 2. The summed E-state index contributed by atoms with van der Waals surface area (Å²) in [6, 6.07) is 20.1. The molecule has 3 aromatic rings. The van der Waals surface area contributed by atoms with Crippen molar-refractivity contribution in [2.24, 2.45) is 11.1 Å². The molecule has 1 atom stereocenters. The summed E-state index contributed by atoms with van der Waals surface area (Å²) in [5.74, 6) is 1.62. The molecular weight excluding hydrogens is 372 g/mol. The molecule has 0 radical (unpaired) electrons. The lowest BCUT2D eigenvalue weighted by Gasteiger charge is -2.58. The van der Waals surface area contributed by atoms with E-state index in [1.54, 1.807) is 0 Å². The second kappa shape index (κ2) is 7.74. The van der Waals surface area contributed by atoms with Gasteiger partial charge in [0.2, 0.25) is 0 Å². The first kappa shape index (κ1) is 19.1. The highest BCUT2D eigenvalue weighted by Gasteiger charge is 2.51. The van der Waals surface area contributed by atoms with Gasteiger partial charge in [0.1, 0.15) is 11.5 Å². The Kier molecular flexibility index (Phi) is 4.93. The summed E-state index contributed by atoms with van der Waals surface area (Å²) in [6.45, 7) is 2.45. The van der Waals surface area contributed by atoms with Crippen molar-refractivity contribution >= 4 is 5.69 Å². The van der Waals surface area contributed by atoms with Gasteiger partial charge in [0.15, 0.2) is 0 Å². The maximum absolute atomic E-state index is 6.64. The van der Waals surface area contributed by atoms with Gasteiger partial charge in [-0.2, -0.15) is 0 Å². The standard InChI is InChI=1S/C25H28N4O/c1-29-16-25(17-29)13-19(14-25)28-23-11-12-27-15-22(23)24(26)18-7-9-21(10-8-18)30-20-5-3-2-4-6-20/h2-12,15,19,24H,13-14,16-17,26H2,1H3,(H,27,28). The van der Waals surface area contributed by atoms with Crippen molar-refractivity contribution in [1.29, 1.82) is 0 Å². The minimum Gasteiger partial charge on any atom is -0.457 e. The zero-order valence-electron chi connectivity index (χ0n) is 17.3. The molecule has 5 heteroatoms. The number of nitrogens with two attached hydrogens (primary N) is 1. The average Bonchev–Trinajstić information content (AvgIpc) is 2.72. The molecule has 2 aromatic carbocycles. The van der Waals surface area contributed by atoms with Gasteiger partial charge in [-0.15, -0.1) is 0 Å². The summed E-state index contributed by atoms with van der Waals surface area (Å²) in [5, 5.41) is 3.72. The van der Waals surface area contributed by atoms with Crippen LogP contribution in [0, 0.1) is 5.41 Å². The zero-order valence-corrected chi connectivity index (χ0v) is 17.3. The van der Waals surface area contributed by atoms with E-state index in [0.717, 1.165) is 28.3 Å². The summed E-state index contributed by atoms with van der Waals surface area (Å²) < 4.78 is 5.89. The Morgan fingerprint density at radius 3 is 2.43 bits per heavy atom. The minimum atomic E-state index is -0.240. The first-order chi connectivity index (χ1) is 14.6. The van der Waals surface area contributed by atoms with Crippen molar-refractivity contribution in [3.05, 3.63) is 84.2 Å². The fraction of sp³-hybridized carbons (Fsp3) is 0.320. The maximum atomic E-state index is 6.64. The molecule has 1 aliphatic carbocycles. The largest absolute Gasteiger partial charge is 0.457 e. The lowest BCUT2D eigenvalue weighted by atomic mass is 9.61. The van der Waals surface area contributed by atoms with E-state index >= 15 is 0 Å². The molecule has 0 bridgehead atoms. The molecule has 2 fully saturated rings. The van der Waals surface area contributed by atoms with E-state index in [4.69, 9.17) is 10.5 Å². The number of hydrogen-bond acceptors (Lipinski definition) is 5. The number of aromatic nitrogens is 1. The zero-order chi connectivity index (χ0) is 20.6. The maximum Gasteiger partial charge on any atom is 0.127 e. The third-order valence-electron chi connectivity index (χ3n) is 6.33. The molecule has 30 heavy (non-hydrogen) atoms. The van der Waals surface area contributed by atoms with Gasteiger partial charge >= 0.3 is 0 Å². The number of para-hydroxylation sites is 1. The van der Waals surface area contributed by atoms with Gasteiger partial charge in [-0.3, -0.25) is 4.98 Å². The van der Waals surface area contributed by atoms with Crippen molar-refractivity contribution in [3.8, 4) is 11.5 Å². The number of likely N-dealkylation sites (tertiary alicyclic amines) is 1. The molecule has 0 amide bonds. The Morgan fingerprint density at radius 2 is 1.73 bits per heavy atom. The van der Waals surface area contributed by atoms with E-state index in [0.29, 0.717) is 11.5 Å². The first-order valence-electron chi connectivity index (χ1n) is 10.6. The Balaban J connectivity index is 1.26. The molecule has 1 aliphatic heterocycles. The molecule has 1 aromatic heterocycles. The highest BCUT2D eigenvalue weighted by Crippen LogP contribution is 2.49. The molecule has 1 saturated carbocycles. The van der Waals surface area contributed by atoms with Gasteiger partial charge in [0, 0.05) is 42.8 Å². The second-order valence-corrected chi connectivity index (χ2v) is 8.85. The SMILES string of the molecule is CN1CC2(CC(Nc3ccncc3C(N)c3ccc(Oc4ccccc4)cc3)C2)C1. The number of nitrogens with one attached hydrogen (secondary N) is 1. The molecule has 2 aliphatic rings. The lowest BCUT2D eigenvalue weighted by Crippen LogP contribution is -2.63. The van der Waals surface area contributed by atoms with E-state index in [9.17, 15) is 0 Å². The van der Waals surface area contributed by atoms with Gasteiger partial charge in [-0.25, -0.2) is 0 Å². The molecule has 1 spiro atoms. The average molecular weight is 401 g/mol. The quantitative estimate of drug-likeness (QED) is 0.641. The normalized spacial score (nSPS) is 19.0. The third kappa shape index (κ3) is 3.78. The minimum absolute atomic E-state index is 0.240. The second-order valence-electron chi connectivity index (χ2n) is 8.85. The van der Waals surface area contributed by atoms with Gasteiger partial charge in [0.25, 0.3) is 0 Å². The molecule has 5 nitrogen and oxygen atoms in total. The number of anilines is 1. The summed E-state index contributed by atoms with van der Waals surface area (Å²) in [5.41, 5.74) is 10.3. The van der Waals surface area contributed by atoms with Crippen LogP contribution in [0.1, 0.15) is 30.0 Å². The van der Waals surface area contributed by atoms with Crippen LogP contribution in [0.5, 0.6) is 11.5 Å². The fourth-order valence-corrected chi connectivity index (χ4v) is 5.00. The number of nitrogens with zero attached hydrogens (tertiary/aromatic N) is 2. The van der Waals surface area contributed by atoms with Crippen molar-refractivity contribution in [1.82, 2.24) is 9.88 Å². The van der Waals surface area contributed by atoms with Gasteiger partial charge in [-0.1, -0.05) is 30.3 Å². The van der Waals surface area contributed by atoms with E-state index in [2.05, 4.69) is 22.2 Å².